The van der Waals surface area contributed by atoms with E-state index in [1.165, 1.54) is 6.20 Å². The van der Waals surface area contributed by atoms with Crippen molar-refractivity contribution in [1.82, 2.24) is 15.6 Å². The second-order valence-electron chi connectivity index (χ2n) is 7.61. The molecule has 0 radical (unpaired) electrons. The Morgan fingerprint density at radius 2 is 1.90 bits per heavy atom. The molecule has 3 N–H and O–H groups in total. The van der Waals surface area contributed by atoms with Gasteiger partial charge in [0, 0.05) is 5.56 Å². The molecule has 0 aliphatic heterocycles. The van der Waals surface area contributed by atoms with E-state index < -0.39 is 41.3 Å². The quantitative estimate of drug-likeness (QED) is 0.502. The van der Waals surface area contributed by atoms with Crippen LogP contribution in [0.4, 0.5) is 9.18 Å². The van der Waals surface area contributed by atoms with E-state index in [0.29, 0.717) is 16.9 Å². The van der Waals surface area contributed by atoms with Crippen LogP contribution in [-0.2, 0) is 16.1 Å². The second-order valence-corrected chi connectivity index (χ2v) is 8.71. The maximum absolute atomic E-state index is 13.3. The Morgan fingerprint density at radius 1 is 1.26 bits per heavy atom. The highest BCUT2D eigenvalue weighted by molar-refractivity contribution is 6.53. The number of alkyl carbamates (subject to hydrolysis) is 1. The number of halogens is 3. The van der Waals surface area contributed by atoms with Crippen LogP contribution >= 0.6 is 23.2 Å². The minimum Gasteiger partial charge on any atom is -0.444 e. The molecule has 0 saturated heterocycles. The zero-order valence-electron chi connectivity index (χ0n) is 17.2. The molecule has 2 aromatic rings. The molecule has 0 aliphatic rings. The largest absolute Gasteiger partial charge is 0.444 e. The fraction of sp³-hybridized carbons (Fsp3) is 0.450. The first-order valence-electron chi connectivity index (χ1n) is 9.34. The van der Waals surface area contributed by atoms with Gasteiger partial charge in [-0.05, 0) is 26.3 Å². The van der Waals surface area contributed by atoms with Gasteiger partial charge in [0.1, 0.15) is 18.4 Å². The highest BCUT2D eigenvalue weighted by Gasteiger charge is 2.25. The monoisotopic (exact) mass is 475 g/mol. The third-order valence-corrected chi connectivity index (χ3v) is 4.34. The lowest BCUT2D eigenvalue weighted by Crippen LogP contribution is -2.43. The highest BCUT2D eigenvalue weighted by Crippen LogP contribution is 2.24. The summed E-state index contributed by atoms with van der Waals surface area (Å²) in [5.41, 5.74) is 0.408. The van der Waals surface area contributed by atoms with Gasteiger partial charge in [-0.1, -0.05) is 47.5 Å². The van der Waals surface area contributed by atoms with Crippen molar-refractivity contribution in [2.45, 2.75) is 49.9 Å². The molecule has 0 spiro atoms. The number of hydrogen-bond donors (Lipinski definition) is 3. The lowest BCUT2D eigenvalue weighted by Gasteiger charge is -2.22. The summed E-state index contributed by atoms with van der Waals surface area (Å²) in [5, 5.41) is 15.1. The summed E-state index contributed by atoms with van der Waals surface area (Å²) >= 11 is 10.9. The number of aliphatic hydroxyl groups excluding tert-OH is 1. The van der Waals surface area contributed by atoms with E-state index in [1.807, 2.05) is 0 Å². The fourth-order valence-corrected chi connectivity index (χ4v) is 2.64. The van der Waals surface area contributed by atoms with Crippen LogP contribution in [0.5, 0.6) is 0 Å². The van der Waals surface area contributed by atoms with Crippen LogP contribution in [0.1, 0.15) is 38.3 Å². The summed E-state index contributed by atoms with van der Waals surface area (Å²) in [6, 6.07) is 5.22. The molecule has 2 atom stereocenters. The minimum absolute atomic E-state index is 0.0473. The van der Waals surface area contributed by atoms with Crippen LogP contribution in [0.25, 0.3) is 11.3 Å². The predicted octanol–water partition coefficient (Wildman–Crippen LogP) is 3.66. The molecule has 1 heterocycles. The number of rotatable bonds is 8. The van der Waals surface area contributed by atoms with Crippen molar-refractivity contribution in [3.63, 3.8) is 0 Å². The summed E-state index contributed by atoms with van der Waals surface area (Å²) in [6.45, 7) is 4.31. The number of nitrogens with one attached hydrogen (secondary N) is 2. The molecule has 11 heteroatoms. The topological polar surface area (TPSA) is 114 Å². The van der Waals surface area contributed by atoms with Crippen molar-refractivity contribution < 1.29 is 28.2 Å². The Kier molecular flexibility index (Phi) is 8.67. The van der Waals surface area contributed by atoms with Gasteiger partial charge >= 0.3 is 6.09 Å². The zero-order valence-corrected chi connectivity index (χ0v) is 18.7. The Bertz CT molecular complexity index is 884. The van der Waals surface area contributed by atoms with Crippen LogP contribution in [0, 0.1) is 0 Å². The van der Waals surface area contributed by atoms with E-state index in [-0.39, 0.29) is 12.4 Å². The first kappa shape index (κ1) is 24.9. The molecule has 0 fully saturated rings. The number of nitrogens with zero attached hydrogens (tertiary/aromatic N) is 1. The van der Waals surface area contributed by atoms with Crippen molar-refractivity contribution >= 4 is 35.2 Å². The lowest BCUT2D eigenvalue weighted by molar-refractivity contribution is -0.121. The van der Waals surface area contributed by atoms with Crippen molar-refractivity contribution in [1.29, 1.82) is 0 Å². The van der Waals surface area contributed by atoms with Crippen molar-refractivity contribution in [3.8, 4) is 11.3 Å². The summed E-state index contributed by atoms with van der Waals surface area (Å²) in [4.78, 5) is 26.0. The number of oxazole rings is 1. The molecule has 2 amide bonds. The first-order valence-corrected chi connectivity index (χ1v) is 10.2. The molecule has 2 unspecified atom stereocenters. The Morgan fingerprint density at radius 3 is 2.45 bits per heavy atom. The molecule has 170 valence electrons. The molecule has 1 aromatic heterocycles. The summed E-state index contributed by atoms with van der Waals surface area (Å²) in [5.74, 6) is -0.0813. The second kappa shape index (κ2) is 10.8. The maximum atomic E-state index is 13.3. The maximum Gasteiger partial charge on any atom is 0.408 e. The lowest BCUT2D eigenvalue weighted by atomic mass is 10.0. The van der Waals surface area contributed by atoms with Crippen LogP contribution in [0.3, 0.4) is 0 Å². The summed E-state index contributed by atoms with van der Waals surface area (Å²) in [7, 11) is 0. The summed E-state index contributed by atoms with van der Waals surface area (Å²) < 4.78 is 24.0. The number of aromatic nitrogens is 1. The van der Waals surface area contributed by atoms with Gasteiger partial charge in [0.15, 0.2) is 10.6 Å². The zero-order chi connectivity index (χ0) is 23.2. The predicted molar refractivity (Wildman–Crippen MR) is 113 cm³/mol. The van der Waals surface area contributed by atoms with Crippen LogP contribution in [0.2, 0.25) is 0 Å². The molecular formula is C20H24Cl2FN3O5. The molecule has 0 bridgehead atoms. The third-order valence-electron chi connectivity index (χ3n) is 3.95. The standard InChI is InChI=1S/C20H24Cl2FN3O5/c1-20(2,3)31-19(29)25-10-15-24-9-14(30-15)11-4-6-12(7-5-11)16(27)13(8-23)26-18(28)17(21)22/h4-7,9,13,16-17,27H,8,10H2,1-3H3,(H,25,29)(H,26,28). The smallest absolute Gasteiger partial charge is 0.408 e. The summed E-state index contributed by atoms with van der Waals surface area (Å²) in [6.07, 6.45) is -0.406. The van der Waals surface area contributed by atoms with Gasteiger partial charge in [-0.25, -0.2) is 14.2 Å². The van der Waals surface area contributed by atoms with Crippen molar-refractivity contribution in [3.05, 3.63) is 41.9 Å². The molecule has 2 rings (SSSR count). The number of benzene rings is 1. The number of amides is 2. The van der Waals surface area contributed by atoms with Gasteiger partial charge < -0.3 is 24.9 Å². The molecule has 0 aliphatic carbocycles. The average Bonchev–Trinajstić information content (AvgIpc) is 3.17. The molecule has 8 nitrogen and oxygen atoms in total. The van der Waals surface area contributed by atoms with E-state index in [0.717, 1.165) is 0 Å². The van der Waals surface area contributed by atoms with Crippen molar-refractivity contribution in [2.75, 3.05) is 6.67 Å². The van der Waals surface area contributed by atoms with E-state index in [4.69, 9.17) is 32.4 Å². The first-order chi connectivity index (χ1) is 14.5. The SMILES string of the molecule is CC(C)(C)OC(=O)NCc1ncc(-c2ccc(C(O)C(CF)NC(=O)C(Cl)Cl)cc2)o1. The fourth-order valence-electron chi connectivity index (χ4n) is 2.51. The minimum atomic E-state index is -1.37. The Hall–Kier alpha value is -2.36. The van der Waals surface area contributed by atoms with Crippen molar-refractivity contribution in [2.24, 2.45) is 0 Å². The number of alkyl halides is 3. The van der Waals surface area contributed by atoms with E-state index in [9.17, 15) is 19.1 Å². The molecule has 0 saturated carbocycles. The number of carbonyl (C=O) groups is 2. The number of carbonyl (C=O) groups excluding carboxylic acids is 2. The van der Waals surface area contributed by atoms with Gasteiger partial charge in [-0.3, -0.25) is 4.79 Å². The number of aliphatic hydroxyl groups is 1. The van der Waals surface area contributed by atoms with Gasteiger partial charge in [0.2, 0.25) is 5.89 Å². The normalized spacial score (nSPS) is 13.5. The van der Waals surface area contributed by atoms with Gasteiger partial charge in [0.05, 0.1) is 18.8 Å². The highest BCUT2D eigenvalue weighted by atomic mass is 35.5. The number of hydrogen-bond acceptors (Lipinski definition) is 6. The van der Waals surface area contributed by atoms with Crippen LogP contribution < -0.4 is 10.6 Å². The van der Waals surface area contributed by atoms with Crippen LogP contribution in [-0.4, -0.2) is 45.2 Å². The average molecular weight is 476 g/mol. The van der Waals surface area contributed by atoms with E-state index in [2.05, 4.69) is 15.6 Å². The third kappa shape index (κ3) is 7.68. The molecule has 1 aromatic carbocycles. The number of ether oxygens (including phenoxy) is 1. The van der Waals surface area contributed by atoms with E-state index in [1.54, 1.807) is 45.0 Å². The molecule has 31 heavy (non-hydrogen) atoms. The Labute approximate surface area is 189 Å². The van der Waals surface area contributed by atoms with Gasteiger partial charge in [0.25, 0.3) is 5.91 Å². The molecular weight excluding hydrogens is 452 g/mol. The van der Waals surface area contributed by atoms with Gasteiger partial charge in [-0.15, -0.1) is 0 Å². The van der Waals surface area contributed by atoms with Crippen LogP contribution in [0.15, 0.2) is 34.9 Å². The van der Waals surface area contributed by atoms with Gasteiger partial charge in [-0.2, -0.15) is 0 Å². The van der Waals surface area contributed by atoms with E-state index >= 15 is 0 Å². The Balaban J connectivity index is 2.00.